The fourth-order valence-corrected chi connectivity index (χ4v) is 1.40. The number of hydrogen-bond acceptors (Lipinski definition) is 2. The number of hydrogen-bond donors (Lipinski definition) is 1. The van der Waals surface area contributed by atoms with Gasteiger partial charge < -0.3 is 5.73 Å². The van der Waals surface area contributed by atoms with Gasteiger partial charge in [-0.25, -0.2) is 4.39 Å². The molecule has 0 amide bonds. The third kappa shape index (κ3) is 2.11. The lowest BCUT2D eigenvalue weighted by molar-refractivity contribution is 0.0966. The van der Waals surface area contributed by atoms with Crippen LogP contribution in [0, 0.1) is 0 Å². The Morgan fingerprint density at radius 2 is 2.29 bits per heavy atom. The molecule has 14 heavy (non-hydrogen) atoms. The molecule has 0 aromatic heterocycles. The Bertz CT molecular complexity index is 352. The summed E-state index contributed by atoms with van der Waals surface area (Å²) in [5.41, 5.74) is 5.92. The van der Waals surface area contributed by atoms with E-state index in [1.54, 1.807) is 19.1 Å². The van der Waals surface area contributed by atoms with Crippen LogP contribution in [0.15, 0.2) is 18.2 Å². The van der Waals surface area contributed by atoms with Crippen molar-refractivity contribution < 1.29 is 9.18 Å². The first-order valence-electron chi connectivity index (χ1n) is 4.21. The van der Waals surface area contributed by atoms with Crippen LogP contribution in [0.2, 0.25) is 5.02 Å². The Morgan fingerprint density at radius 1 is 1.64 bits per heavy atom. The minimum Gasteiger partial charge on any atom is -0.321 e. The lowest BCUT2D eigenvalue weighted by atomic mass is 10.0. The summed E-state index contributed by atoms with van der Waals surface area (Å²) in [7, 11) is 0. The van der Waals surface area contributed by atoms with Gasteiger partial charge >= 0.3 is 0 Å². The van der Waals surface area contributed by atoms with Crippen molar-refractivity contribution in [1.29, 1.82) is 0 Å². The molecule has 1 atom stereocenters. The van der Waals surface area contributed by atoms with Crippen molar-refractivity contribution in [3.8, 4) is 0 Å². The van der Waals surface area contributed by atoms with Crippen molar-refractivity contribution in [2.24, 2.45) is 5.73 Å². The number of halogens is 2. The standard InChI is InChI=1S/C10H11ClFNO/c1-6(13)10(14)7-3-2-4-9(11)8(7)5-12/h2-4,6H,5,13H2,1H3. The number of carbonyl (C=O) groups excluding carboxylic acids is 1. The van der Waals surface area contributed by atoms with Gasteiger partial charge in [-0.3, -0.25) is 4.79 Å². The van der Waals surface area contributed by atoms with Crippen LogP contribution in [0.25, 0.3) is 0 Å². The van der Waals surface area contributed by atoms with Gasteiger partial charge in [0, 0.05) is 16.1 Å². The molecule has 0 saturated heterocycles. The molecule has 0 heterocycles. The van der Waals surface area contributed by atoms with Crippen molar-refractivity contribution >= 4 is 17.4 Å². The highest BCUT2D eigenvalue weighted by molar-refractivity contribution is 6.32. The van der Waals surface area contributed by atoms with Crippen LogP contribution in [0.5, 0.6) is 0 Å². The normalized spacial score (nSPS) is 12.6. The highest BCUT2D eigenvalue weighted by atomic mass is 35.5. The fourth-order valence-electron chi connectivity index (χ4n) is 1.17. The summed E-state index contributed by atoms with van der Waals surface area (Å²) in [5.74, 6) is -0.292. The molecule has 0 radical (unpaired) electrons. The molecule has 76 valence electrons. The Hall–Kier alpha value is -0.930. The Kier molecular flexibility index (Phi) is 3.61. The van der Waals surface area contributed by atoms with Gasteiger partial charge in [-0.2, -0.15) is 0 Å². The van der Waals surface area contributed by atoms with E-state index in [-0.39, 0.29) is 21.9 Å². The Morgan fingerprint density at radius 3 is 2.79 bits per heavy atom. The monoisotopic (exact) mass is 215 g/mol. The van der Waals surface area contributed by atoms with Crippen LogP contribution >= 0.6 is 11.6 Å². The van der Waals surface area contributed by atoms with Crippen molar-refractivity contribution in [3.63, 3.8) is 0 Å². The summed E-state index contributed by atoms with van der Waals surface area (Å²) in [6, 6.07) is 4.05. The summed E-state index contributed by atoms with van der Waals surface area (Å²) in [6.45, 7) is 0.804. The maximum Gasteiger partial charge on any atom is 0.179 e. The van der Waals surface area contributed by atoms with Gasteiger partial charge in [-0.1, -0.05) is 23.7 Å². The van der Waals surface area contributed by atoms with E-state index in [2.05, 4.69) is 0 Å². The smallest absolute Gasteiger partial charge is 0.179 e. The average molecular weight is 216 g/mol. The van der Waals surface area contributed by atoms with Crippen molar-refractivity contribution in [3.05, 3.63) is 34.3 Å². The van der Waals surface area contributed by atoms with E-state index in [1.165, 1.54) is 6.07 Å². The number of benzene rings is 1. The molecule has 0 fully saturated rings. The lowest BCUT2D eigenvalue weighted by Gasteiger charge is -2.09. The van der Waals surface area contributed by atoms with E-state index in [1.807, 2.05) is 0 Å². The van der Waals surface area contributed by atoms with Gasteiger partial charge in [0.25, 0.3) is 0 Å². The molecule has 2 nitrogen and oxygen atoms in total. The van der Waals surface area contributed by atoms with E-state index < -0.39 is 12.7 Å². The molecule has 0 spiro atoms. The number of alkyl halides is 1. The molecule has 1 unspecified atom stereocenters. The van der Waals surface area contributed by atoms with Crippen LogP contribution in [0.3, 0.4) is 0 Å². The van der Waals surface area contributed by atoms with E-state index in [4.69, 9.17) is 17.3 Å². The number of rotatable bonds is 3. The summed E-state index contributed by atoms with van der Waals surface area (Å²) < 4.78 is 12.6. The van der Waals surface area contributed by atoms with Crippen molar-refractivity contribution in [2.45, 2.75) is 19.6 Å². The quantitative estimate of drug-likeness (QED) is 0.787. The predicted molar refractivity (Wildman–Crippen MR) is 54.2 cm³/mol. The van der Waals surface area contributed by atoms with Crippen LogP contribution < -0.4 is 5.73 Å². The highest BCUT2D eigenvalue weighted by Gasteiger charge is 2.16. The topological polar surface area (TPSA) is 43.1 Å². The number of Topliss-reactive ketones (excluding diaryl/α,β-unsaturated/α-hetero) is 1. The van der Waals surface area contributed by atoms with Gasteiger partial charge in [0.15, 0.2) is 5.78 Å². The second-order valence-corrected chi connectivity index (χ2v) is 3.46. The molecule has 1 aromatic rings. The maximum atomic E-state index is 12.6. The first-order valence-corrected chi connectivity index (χ1v) is 4.59. The third-order valence-corrected chi connectivity index (χ3v) is 2.29. The zero-order chi connectivity index (χ0) is 10.7. The Balaban J connectivity index is 3.20. The first-order chi connectivity index (χ1) is 6.57. The highest BCUT2D eigenvalue weighted by Crippen LogP contribution is 2.22. The number of nitrogens with two attached hydrogens (primary N) is 1. The second-order valence-electron chi connectivity index (χ2n) is 3.05. The summed E-state index contributed by atoms with van der Waals surface area (Å²) in [5, 5.41) is 0.263. The zero-order valence-electron chi connectivity index (χ0n) is 7.76. The fraction of sp³-hybridized carbons (Fsp3) is 0.300. The van der Waals surface area contributed by atoms with Crippen LogP contribution in [-0.2, 0) is 6.67 Å². The minimum atomic E-state index is -0.756. The molecule has 0 aliphatic heterocycles. The van der Waals surface area contributed by atoms with E-state index >= 15 is 0 Å². The van der Waals surface area contributed by atoms with E-state index in [9.17, 15) is 9.18 Å². The largest absolute Gasteiger partial charge is 0.321 e. The number of ketones is 1. The summed E-state index contributed by atoms with van der Waals surface area (Å²) in [6.07, 6.45) is 0. The average Bonchev–Trinajstić information content (AvgIpc) is 2.16. The Labute approximate surface area is 86.9 Å². The molecule has 0 aliphatic rings. The molecular weight excluding hydrogens is 205 g/mol. The third-order valence-electron chi connectivity index (χ3n) is 1.93. The SMILES string of the molecule is CC(N)C(=O)c1cccc(Cl)c1CF. The van der Waals surface area contributed by atoms with E-state index in [0.29, 0.717) is 0 Å². The molecular formula is C10H11ClFNO. The van der Waals surface area contributed by atoms with Crippen molar-refractivity contribution in [2.75, 3.05) is 0 Å². The summed E-state index contributed by atoms with van der Waals surface area (Å²) >= 11 is 5.75. The van der Waals surface area contributed by atoms with Crippen LogP contribution in [0.1, 0.15) is 22.8 Å². The molecule has 1 aromatic carbocycles. The number of carbonyl (C=O) groups is 1. The van der Waals surface area contributed by atoms with Crippen LogP contribution in [-0.4, -0.2) is 11.8 Å². The minimum absolute atomic E-state index is 0.219. The zero-order valence-corrected chi connectivity index (χ0v) is 8.51. The van der Waals surface area contributed by atoms with Gasteiger partial charge in [0.1, 0.15) is 6.67 Å². The molecule has 1 rings (SSSR count). The van der Waals surface area contributed by atoms with Gasteiger partial charge in [0.2, 0.25) is 0 Å². The maximum absolute atomic E-state index is 12.6. The van der Waals surface area contributed by atoms with Gasteiger partial charge in [-0.15, -0.1) is 0 Å². The molecule has 2 N–H and O–H groups in total. The molecule has 4 heteroatoms. The second kappa shape index (κ2) is 4.53. The molecule has 0 saturated carbocycles. The van der Waals surface area contributed by atoms with E-state index in [0.717, 1.165) is 0 Å². The molecule has 0 bridgehead atoms. The predicted octanol–water partition coefficient (Wildman–Crippen LogP) is 2.34. The van der Waals surface area contributed by atoms with Crippen molar-refractivity contribution in [1.82, 2.24) is 0 Å². The molecule has 0 aliphatic carbocycles. The van der Waals surface area contributed by atoms with Crippen LogP contribution in [0.4, 0.5) is 4.39 Å². The summed E-state index contributed by atoms with van der Waals surface area (Å²) in [4.78, 5) is 11.5. The van der Waals surface area contributed by atoms with Gasteiger partial charge in [0.05, 0.1) is 6.04 Å². The first kappa shape index (κ1) is 11.1. The lowest BCUT2D eigenvalue weighted by Crippen LogP contribution is -2.27. The van der Waals surface area contributed by atoms with Gasteiger partial charge in [-0.05, 0) is 13.0 Å².